The molecular formula is C12H10F2N2O2. The third kappa shape index (κ3) is 2.85. The number of non-ortho nitro benzene ring substituents is 1. The Balaban J connectivity index is 3.52. The van der Waals surface area contributed by atoms with Gasteiger partial charge in [0.15, 0.2) is 11.6 Å². The number of allylic oxidation sites excluding steroid dienone is 3. The average Bonchev–Trinajstić information content (AvgIpc) is 2.29. The van der Waals surface area contributed by atoms with E-state index in [1.165, 1.54) is 6.08 Å². The molecule has 4 nitrogen and oxygen atoms in total. The smallest absolute Gasteiger partial charge is 0.273 e. The van der Waals surface area contributed by atoms with E-state index in [0.29, 0.717) is 11.6 Å². The lowest BCUT2D eigenvalue weighted by Gasteiger charge is -2.05. The molecule has 0 unspecified atom stereocenters. The Bertz CT molecular complexity index is 565. The summed E-state index contributed by atoms with van der Waals surface area (Å²) in [7, 11) is 0. The van der Waals surface area contributed by atoms with E-state index in [-0.39, 0.29) is 11.1 Å². The molecule has 0 atom stereocenters. The van der Waals surface area contributed by atoms with Crippen molar-refractivity contribution in [1.82, 2.24) is 0 Å². The Morgan fingerprint density at radius 2 is 2.11 bits per heavy atom. The normalized spacial score (nSPS) is 11.2. The summed E-state index contributed by atoms with van der Waals surface area (Å²) in [5, 5.41) is 17.7. The van der Waals surface area contributed by atoms with Gasteiger partial charge in [0.05, 0.1) is 11.0 Å². The fourth-order valence-electron chi connectivity index (χ4n) is 1.35. The average molecular weight is 252 g/mol. The number of nitrogens with zero attached hydrogens (tertiary/aromatic N) is 1. The van der Waals surface area contributed by atoms with Crippen LogP contribution in [0.25, 0.3) is 5.57 Å². The third-order valence-corrected chi connectivity index (χ3v) is 2.09. The van der Waals surface area contributed by atoms with E-state index in [4.69, 9.17) is 5.41 Å². The molecule has 0 aromatic heterocycles. The molecule has 1 N–H and O–H groups in total. The molecule has 0 aliphatic rings. The SMILES string of the molecule is C=C(C)/C=C(\C=N)c1cc([N+](=O)[O-])cc(F)c1F. The quantitative estimate of drug-likeness (QED) is 0.386. The molecule has 18 heavy (non-hydrogen) atoms. The van der Waals surface area contributed by atoms with Crippen LogP contribution in [0.4, 0.5) is 14.5 Å². The standard InChI is InChI=1S/C12H10F2N2O2/c1-7(2)3-8(6-15)10-4-9(16(17)18)5-11(13)12(10)14/h3-6,15H,1H2,2H3/b8-3+,15-6?. The topological polar surface area (TPSA) is 67.0 Å². The van der Waals surface area contributed by atoms with Gasteiger partial charge in [-0.15, -0.1) is 0 Å². The molecule has 94 valence electrons. The number of hydrogen-bond acceptors (Lipinski definition) is 3. The molecule has 0 saturated carbocycles. The second-order valence-corrected chi connectivity index (χ2v) is 3.64. The Morgan fingerprint density at radius 1 is 1.50 bits per heavy atom. The highest BCUT2D eigenvalue weighted by Crippen LogP contribution is 2.25. The molecule has 0 radical (unpaired) electrons. The van der Waals surface area contributed by atoms with E-state index in [2.05, 4.69) is 6.58 Å². The molecule has 0 fully saturated rings. The summed E-state index contributed by atoms with van der Waals surface area (Å²) in [6, 6.07) is 1.39. The maximum Gasteiger partial charge on any atom is 0.273 e. The molecule has 0 spiro atoms. The number of nitro groups is 1. The first-order chi connectivity index (χ1) is 8.36. The van der Waals surface area contributed by atoms with Gasteiger partial charge in [-0.25, -0.2) is 8.78 Å². The van der Waals surface area contributed by atoms with Gasteiger partial charge in [0.1, 0.15) is 0 Å². The summed E-state index contributed by atoms with van der Waals surface area (Å²) in [5.41, 5.74) is -0.375. The van der Waals surface area contributed by atoms with Crippen molar-refractivity contribution >= 4 is 17.5 Å². The van der Waals surface area contributed by atoms with Crippen LogP contribution in [-0.2, 0) is 0 Å². The van der Waals surface area contributed by atoms with E-state index < -0.39 is 22.2 Å². The van der Waals surface area contributed by atoms with Gasteiger partial charge in [0.25, 0.3) is 5.69 Å². The van der Waals surface area contributed by atoms with Gasteiger partial charge < -0.3 is 5.41 Å². The van der Waals surface area contributed by atoms with Crippen molar-refractivity contribution in [2.24, 2.45) is 0 Å². The summed E-state index contributed by atoms with van der Waals surface area (Å²) >= 11 is 0. The van der Waals surface area contributed by atoms with Crippen molar-refractivity contribution in [3.05, 3.63) is 57.7 Å². The predicted molar refractivity (Wildman–Crippen MR) is 64.6 cm³/mol. The van der Waals surface area contributed by atoms with Crippen molar-refractivity contribution in [1.29, 1.82) is 5.41 Å². The van der Waals surface area contributed by atoms with Crippen molar-refractivity contribution in [3.8, 4) is 0 Å². The molecule has 0 saturated heterocycles. The lowest BCUT2D eigenvalue weighted by Crippen LogP contribution is -1.99. The molecule has 0 bridgehead atoms. The highest BCUT2D eigenvalue weighted by Gasteiger charge is 2.18. The van der Waals surface area contributed by atoms with Gasteiger partial charge >= 0.3 is 0 Å². The highest BCUT2D eigenvalue weighted by molar-refractivity contribution is 6.09. The van der Waals surface area contributed by atoms with Crippen molar-refractivity contribution in [2.45, 2.75) is 6.92 Å². The first-order valence-electron chi connectivity index (χ1n) is 4.88. The van der Waals surface area contributed by atoms with Gasteiger partial charge in [-0.05, 0) is 6.92 Å². The van der Waals surface area contributed by atoms with E-state index in [1.807, 2.05) is 0 Å². The van der Waals surface area contributed by atoms with Crippen LogP contribution in [0.5, 0.6) is 0 Å². The Morgan fingerprint density at radius 3 is 2.56 bits per heavy atom. The zero-order valence-electron chi connectivity index (χ0n) is 9.54. The van der Waals surface area contributed by atoms with Crippen LogP contribution in [-0.4, -0.2) is 11.1 Å². The van der Waals surface area contributed by atoms with Gasteiger partial charge in [-0.2, -0.15) is 0 Å². The Hall–Kier alpha value is -2.37. The van der Waals surface area contributed by atoms with Crippen molar-refractivity contribution in [3.63, 3.8) is 0 Å². The van der Waals surface area contributed by atoms with Crippen LogP contribution in [0.15, 0.2) is 30.4 Å². The van der Waals surface area contributed by atoms with Crippen LogP contribution in [0.2, 0.25) is 0 Å². The van der Waals surface area contributed by atoms with E-state index in [9.17, 15) is 18.9 Å². The van der Waals surface area contributed by atoms with E-state index >= 15 is 0 Å². The number of halogens is 2. The summed E-state index contributed by atoms with van der Waals surface area (Å²) in [4.78, 5) is 9.75. The number of benzene rings is 1. The van der Waals surface area contributed by atoms with Crippen LogP contribution in [0.1, 0.15) is 12.5 Å². The zero-order chi connectivity index (χ0) is 13.9. The molecule has 0 amide bonds. The summed E-state index contributed by atoms with van der Waals surface area (Å²) in [6.07, 6.45) is 2.13. The first kappa shape index (κ1) is 13.7. The van der Waals surface area contributed by atoms with Gasteiger partial charge in [0.2, 0.25) is 0 Å². The van der Waals surface area contributed by atoms with Crippen LogP contribution < -0.4 is 0 Å². The van der Waals surface area contributed by atoms with Crippen molar-refractivity contribution in [2.75, 3.05) is 0 Å². The minimum Gasteiger partial charge on any atom is -0.308 e. The third-order valence-electron chi connectivity index (χ3n) is 2.09. The lowest BCUT2D eigenvalue weighted by atomic mass is 10.0. The van der Waals surface area contributed by atoms with Crippen LogP contribution >= 0.6 is 0 Å². The number of nitrogens with one attached hydrogen (secondary N) is 1. The predicted octanol–water partition coefficient (Wildman–Crippen LogP) is 3.48. The molecule has 0 heterocycles. The number of hydrogen-bond donors (Lipinski definition) is 1. The minimum absolute atomic E-state index is 0.0163. The molecule has 0 aliphatic carbocycles. The molecule has 6 heteroatoms. The molecule has 1 rings (SSSR count). The molecule has 1 aromatic rings. The van der Waals surface area contributed by atoms with E-state index in [1.54, 1.807) is 6.92 Å². The van der Waals surface area contributed by atoms with E-state index in [0.717, 1.165) is 12.3 Å². The molecule has 0 aliphatic heterocycles. The molecule has 1 aromatic carbocycles. The maximum absolute atomic E-state index is 13.6. The van der Waals surface area contributed by atoms with Gasteiger partial charge in [0, 0.05) is 23.4 Å². The highest BCUT2D eigenvalue weighted by atomic mass is 19.2. The minimum atomic E-state index is -1.33. The lowest BCUT2D eigenvalue weighted by molar-refractivity contribution is -0.385. The maximum atomic E-state index is 13.6. The number of rotatable bonds is 4. The summed E-state index contributed by atoms with van der Waals surface area (Å²) in [5.74, 6) is -2.55. The van der Waals surface area contributed by atoms with Crippen LogP contribution in [0.3, 0.4) is 0 Å². The first-order valence-corrected chi connectivity index (χ1v) is 4.88. The van der Waals surface area contributed by atoms with Crippen molar-refractivity contribution < 1.29 is 13.7 Å². The van der Waals surface area contributed by atoms with Gasteiger partial charge in [-0.1, -0.05) is 18.2 Å². The largest absolute Gasteiger partial charge is 0.308 e. The fraction of sp³-hybridized carbons (Fsp3) is 0.0833. The monoisotopic (exact) mass is 252 g/mol. The summed E-state index contributed by atoms with van der Waals surface area (Å²) in [6.45, 7) is 5.15. The number of nitro benzene ring substituents is 1. The fourth-order valence-corrected chi connectivity index (χ4v) is 1.35. The second-order valence-electron chi connectivity index (χ2n) is 3.64. The van der Waals surface area contributed by atoms with Crippen LogP contribution in [0, 0.1) is 27.2 Å². The zero-order valence-corrected chi connectivity index (χ0v) is 9.54. The Kier molecular flexibility index (Phi) is 4.04. The second kappa shape index (κ2) is 5.31. The summed E-state index contributed by atoms with van der Waals surface area (Å²) < 4.78 is 26.8. The van der Waals surface area contributed by atoms with Gasteiger partial charge in [-0.3, -0.25) is 10.1 Å². The Labute approximate surface area is 102 Å². The molecular weight excluding hydrogens is 242 g/mol.